The van der Waals surface area contributed by atoms with Gasteiger partial charge in [-0.3, -0.25) is 4.79 Å². The van der Waals surface area contributed by atoms with E-state index >= 15 is 0 Å². The third kappa shape index (κ3) is 6.20. The molecule has 0 radical (unpaired) electrons. The lowest BCUT2D eigenvalue weighted by Gasteiger charge is -2.36. The Morgan fingerprint density at radius 1 is 1.25 bits per heavy atom. The van der Waals surface area contributed by atoms with Crippen LogP contribution in [-0.4, -0.2) is 41.5 Å². The number of carbonyl (C=O) groups excluding carboxylic acids is 1. The van der Waals surface area contributed by atoms with Crippen molar-refractivity contribution in [1.29, 1.82) is 0 Å². The Kier molecular flexibility index (Phi) is 7.26. The molecule has 2 heterocycles. The highest BCUT2D eigenvalue weighted by Gasteiger charge is 2.23. The van der Waals surface area contributed by atoms with Crippen molar-refractivity contribution in [3.63, 3.8) is 0 Å². The molecule has 1 fully saturated rings. The zero-order valence-electron chi connectivity index (χ0n) is 17.4. The van der Waals surface area contributed by atoms with Crippen LogP contribution in [0.15, 0.2) is 40.9 Å². The van der Waals surface area contributed by atoms with Gasteiger partial charge >= 0.3 is 0 Å². The van der Waals surface area contributed by atoms with E-state index in [-0.39, 0.29) is 11.9 Å². The molecule has 2 aromatic rings. The van der Waals surface area contributed by atoms with Crippen molar-refractivity contribution >= 4 is 5.91 Å². The van der Waals surface area contributed by atoms with E-state index in [0.717, 1.165) is 49.2 Å². The number of amides is 1. The summed E-state index contributed by atoms with van der Waals surface area (Å²) in [5.41, 5.74) is 1.02. The number of nitrogens with one attached hydrogen (secondary N) is 1. The first-order valence-electron chi connectivity index (χ1n) is 10.5. The third-order valence-electron chi connectivity index (χ3n) is 5.29. The van der Waals surface area contributed by atoms with Gasteiger partial charge in [-0.2, -0.15) is 0 Å². The van der Waals surface area contributed by atoms with Gasteiger partial charge in [-0.25, -0.2) is 4.98 Å². The summed E-state index contributed by atoms with van der Waals surface area (Å²) in [6, 6.07) is 10.1. The van der Waals surface area contributed by atoms with Crippen LogP contribution in [0.4, 0.5) is 0 Å². The highest BCUT2D eigenvalue weighted by Crippen LogP contribution is 2.21. The Balaban J connectivity index is 1.37. The topological polar surface area (TPSA) is 58.4 Å². The van der Waals surface area contributed by atoms with Crippen LogP contribution in [0, 0.1) is 11.8 Å². The minimum absolute atomic E-state index is 0.112. The van der Waals surface area contributed by atoms with Crippen molar-refractivity contribution in [3.05, 3.63) is 42.4 Å². The molecule has 3 unspecified atom stereocenters. The number of rotatable bonds is 8. The molecule has 1 aromatic carbocycles. The number of aryl methyl sites for hydroxylation is 1. The van der Waals surface area contributed by atoms with Crippen molar-refractivity contribution in [2.24, 2.45) is 11.8 Å². The molecule has 1 amide bonds. The molecule has 0 bridgehead atoms. The zero-order chi connectivity index (χ0) is 19.9. The van der Waals surface area contributed by atoms with Gasteiger partial charge in [-0.15, -0.1) is 0 Å². The van der Waals surface area contributed by atoms with Crippen LogP contribution in [0.25, 0.3) is 11.3 Å². The van der Waals surface area contributed by atoms with Gasteiger partial charge in [0.25, 0.3) is 0 Å². The molecule has 0 spiro atoms. The number of hydrogen-bond acceptors (Lipinski definition) is 4. The molecule has 3 rings (SSSR count). The van der Waals surface area contributed by atoms with Crippen LogP contribution in [0.1, 0.15) is 45.9 Å². The molecule has 5 heteroatoms. The fourth-order valence-corrected chi connectivity index (χ4v) is 4.28. The monoisotopic (exact) mass is 383 g/mol. The highest BCUT2D eigenvalue weighted by atomic mass is 16.4. The molecule has 0 saturated carbocycles. The van der Waals surface area contributed by atoms with Crippen LogP contribution in [0.2, 0.25) is 0 Å². The highest BCUT2D eigenvalue weighted by molar-refractivity contribution is 5.76. The normalized spacial score (nSPS) is 21.4. The maximum atomic E-state index is 12.3. The second-order valence-electron chi connectivity index (χ2n) is 8.47. The quantitative estimate of drug-likeness (QED) is 0.744. The van der Waals surface area contributed by atoms with Crippen LogP contribution in [0.5, 0.6) is 0 Å². The second-order valence-corrected chi connectivity index (χ2v) is 8.47. The summed E-state index contributed by atoms with van der Waals surface area (Å²) in [6.07, 6.45) is 4.98. The van der Waals surface area contributed by atoms with E-state index in [2.05, 4.69) is 36.0 Å². The molecule has 1 aliphatic heterocycles. The lowest BCUT2D eigenvalue weighted by molar-refractivity contribution is -0.121. The Morgan fingerprint density at radius 3 is 2.68 bits per heavy atom. The summed E-state index contributed by atoms with van der Waals surface area (Å²) in [7, 11) is 0. The van der Waals surface area contributed by atoms with Gasteiger partial charge in [-0.1, -0.05) is 44.2 Å². The van der Waals surface area contributed by atoms with Crippen molar-refractivity contribution in [2.75, 3.05) is 19.6 Å². The predicted octanol–water partition coefficient (Wildman–Crippen LogP) is 4.15. The molecule has 1 saturated heterocycles. The summed E-state index contributed by atoms with van der Waals surface area (Å²) in [5.74, 6) is 3.07. The number of hydrogen-bond donors (Lipinski definition) is 1. The number of carbonyl (C=O) groups is 1. The molecule has 3 atom stereocenters. The Morgan fingerprint density at radius 2 is 1.96 bits per heavy atom. The minimum Gasteiger partial charge on any atom is -0.441 e. The smallest absolute Gasteiger partial charge is 0.220 e. The van der Waals surface area contributed by atoms with Crippen LogP contribution in [-0.2, 0) is 11.2 Å². The zero-order valence-corrected chi connectivity index (χ0v) is 17.4. The van der Waals surface area contributed by atoms with E-state index in [9.17, 15) is 4.79 Å². The number of benzene rings is 1. The van der Waals surface area contributed by atoms with E-state index in [4.69, 9.17) is 4.42 Å². The van der Waals surface area contributed by atoms with Crippen molar-refractivity contribution in [3.8, 4) is 11.3 Å². The van der Waals surface area contributed by atoms with Crippen molar-refractivity contribution in [2.45, 2.75) is 52.5 Å². The van der Waals surface area contributed by atoms with E-state index in [0.29, 0.717) is 18.7 Å². The van der Waals surface area contributed by atoms with Gasteiger partial charge < -0.3 is 14.6 Å². The van der Waals surface area contributed by atoms with Gasteiger partial charge in [-0.05, 0) is 31.6 Å². The molecule has 28 heavy (non-hydrogen) atoms. The second kappa shape index (κ2) is 9.87. The Hall–Kier alpha value is -2.14. The average molecular weight is 384 g/mol. The third-order valence-corrected chi connectivity index (χ3v) is 5.29. The van der Waals surface area contributed by atoms with Gasteiger partial charge in [0.05, 0.1) is 6.20 Å². The van der Waals surface area contributed by atoms with Crippen molar-refractivity contribution < 1.29 is 9.21 Å². The van der Waals surface area contributed by atoms with Gasteiger partial charge in [0, 0.05) is 44.1 Å². The van der Waals surface area contributed by atoms with Gasteiger partial charge in [0.15, 0.2) is 11.7 Å². The largest absolute Gasteiger partial charge is 0.441 e. The predicted molar refractivity (Wildman–Crippen MR) is 112 cm³/mol. The Bertz CT molecular complexity index is 733. The molecule has 5 nitrogen and oxygen atoms in total. The van der Waals surface area contributed by atoms with Gasteiger partial charge in [0.2, 0.25) is 5.91 Å². The fourth-order valence-electron chi connectivity index (χ4n) is 4.28. The first-order chi connectivity index (χ1) is 13.5. The maximum Gasteiger partial charge on any atom is 0.220 e. The average Bonchev–Trinajstić information content (AvgIpc) is 3.10. The number of oxazole rings is 1. The number of piperidine rings is 1. The molecule has 1 aliphatic rings. The standard InChI is InChI=1S/C23H33N3O2/c1-17-12-18(2)15-26(14-17)16-19(3)25-22(27)10-7-11-23-24-13-21(28-23)20-8-5-4-6-9-20/h4-6,8-9,13,17-19H,7,10-12,14-16H2,1-3H3,(H,25,27). The van der Waals surface area contributed by atoms with E-state index < -0.39 is 0 Å². The molecule has 0 aliphatic carbocycles. The van der Waals surface area contributed by atoms with E-state index in [1.54, 1.807) is 6.20 Å². The summed E-state index contributed by atoms with van der Waals surface area (Å²) < 4.78 is 5.80. The number of nitrogens with zero attached hydrogens (tertiary/aromatic N) is 2. The summed E-state index contributed by atoms with van der Waals surface area (Å²) in [6.45, 7) is 9.94. The maximum absolute atomic E-state index is 12.3. The van der Waals surface area contributed by atoms with Crippen LogP contribution >= 0.6 is 0 Å². The Labute approximate surface area is 168 Å². The molecule has 1 N–H and O–H groups in total. The van der Waals surface area contributed by atoms with Crippen molar-refractivity contribution in [1.82, 2.24) is 15.2 Å². The number of aromatic nitrogens is 1. The lowest BCUT2D eigenvalue weighted by atomic mass is 9.92. The first kappa shape index (κ1) is 20.6. The SMILES string of the molecule is CC1CC(C)CN(CC(C)NC(=O)CCCc2ncc(-c3ccccc3)o2)C1. The first-order valence-corrected chi connectivity index (χ1v) is 10.5. The van der Waals surface area contributed by atoms with E-state index in [1.165, 1.54) is 6.42 Å². The molecule has 152 valence electrons. The molecular weight excluding hydrogens is 350 g/mol. The lowest BCUT2D eigenvalue weighted by Crippen LogP contribution is -2.46. The van der Waals surface area contributed by atoms with Crippen LogP contribution in [0.3, 0.4) is 0 Å². The molecule has 1 aromatic heterocycles. The van der Waals surface area contributed by atoms with E-state index in [1.807, 2.05) is 30.3 Å². The van der Waals surface area contributed by atoms with Gasteiger partial charge in [0.1, 0.15) is 0 Å². The minimum atomic E-state index is 0.112. The number of likely N-dealkylation sites (tertiary alicyclic amines) is 1. The summed E-state index contributed by atoms with van der Waals surface area (Å²) in [4.78, 5) is 19.1. The summed E-state index contributed by atoms with van der Waals surface area (Å²) >= 11 is 0. The molecular formula is C23H33N3O2. The fraction of sp³-hybridized carbons (Fsp3) is 0.565. The summed E-state index contributed by atoms with van der Waals surface area (Å²) in [5, 5.41) is 3.14. The van der Waals surface area contributed by atoms with Crippen LogP contribution < -0.4 is 5.32 Å².